The fourth-order valence-electron chi connectivity index (χ4n) is 3.78. The summed E-state index contributed by atoms with van der Waals surface area (Å²) in [6.45, 7) is 4.22. The predicted octanol–water partition coefficient (Wildman–Crippen LogP) is 2.92. The van der Waals surface area contributed by atoms with Crippen LogP contribution in [-0.2, 0) is 7.05 Å². The lowest BCUT2D eigenvalue weighted by Gasteiger charge is -2.36. The summed E-state index contributed by atoms with van der Waals surface area (Å²) in [4.78, 5) is 23.7. The third kappa shape index (κ3) is 3.71. The largest absolute Gasteiger partial charge is 0.349 e. The molecule has 4 rings (SSSR count). The second-order valence-corrected chi connectivity index (χ2v) is 7.29. The van der Waals surface area contributed by atoms with Crippen molar-refractivity contribution in [3.8, 4) is 0 Å². The zero-order valence-corrected chi connectivity index (χ0v) is 15.8. The number of amides is 1. The SMILES string of the molecule is CC(c1ccccc1)N1CCC(NC(=O)c2cnc3c(c2)ncn3C)CC1. The summed E-state index contributed by atoms with van der Waals surface area (Å²) in [7, 11) is 1.90. The van der Waals surface area contributed by atoms with Crippen LogP contribution in [0.2, 0.25) is 0 Å². The zero-order valence-electron chi connectivity index (χ0n) is 15.8. The van der Waals surface area contributed by atoms with E-state index >= 15 is 0 Å². The Labute approximate surface area is 159 Å². The van der Waals surface area contributed by atoms with Crippen molar-refractivity contribution in [1.82, 2.24) is 24.8 Å². The molecule has 0 aliphatic carbocycles. The Morgan fingerprint density at radius 1 is 1.19 bits per heavy atom. The molecular weight excluding hydrogens is 338 g/mol. The number of rotatable bonds is 4. The number of nitrogens with zero attached hydrogens (tertiary/aromatic N) is 4. The average Bonchev–Trinajstić information content (AvgIpc) is 3.09. The highest BCUT2D eigenvalue weighted by molar-refractivity contribution is 5.96. The summed E-state index contributed by atoms with van der Waals surface area (Å²) in [5.41, 5.74) is 3.45. The van der Waals surface area contributed by atoms with E-state index in [-0.39, 0.29) is 11.9 Å². The Morgan fingerprint density at radius 3 is 2.67 bits per heavy atom. The van der Waals surface area contributed by atoms with Crippen molar-refractivity contribution in [2.24, 2.45) is 7.05 Å². The fourth-order valence-corrected chi connectivity index (χ4v) is 3.78. The van der Waals surface area contributed by atoms with Gasteiger partial charge in [-0.3, -0.25) is 9.69 Å². The molecule has 6 nitrogen and oxygen atoms in total. The number of likely N-dealkylation sites (tertiary alicyclic amines) is 1. The summed E-state index contributed by atoms with van der Waals surface area (Å²) in [5, 5.41) is 3.17. The summed E-state index contributed by atoms with van der Waals surface area (Å²) >= 11 is 0. The highest BCUT2D eigenvalue weighted by Crippen LogP contribution is 2.24. The summed E-state index contributed by atoms with van der Waals surface area (Å²) < 4.78 is 1.85. The van der Waals surface area contributed by atoms with E-state index in [9.17, 15) is 4.79 Å². The Balaban J connectivity index is 1.35. The number of aryl methyl sites for hydroxylation is 1. The molecule has 6 heteroatoms. The van der Waals surface area contributed by atoms with E-state index in [1.807, 2.05) is 17.7 Å². The van der Waals surface area contributed by atoms with E-state index in [0.717, 1.165) is 37.1 Å². The van der Waals surface area contributed by atoms with Crippen LogP contribution >= 0.6 is 0 Å². The van der Waals surface area contributed by atoms with E-state index in [1.54, 1.807) is 12.5 Å². The predicted molar refractivity (Wildman–Crippen MR) is 105 cm³/mol. The first kappa shape index (κ1) is 17.7. The maximum Gasteiger partial charge on any atom is 0.253 e. The maximum atomic E-state index is 12.6. The monoisotopic (exact) mass is 363 g/mol. The van der Waals surface area contributed by atoms with Gasteiger partial charge in [0.2, 0.25) is 0 Å². The molecule has 3 aromatic rings. The molecule has 2 aromatic heterocycles. The minimum atomic E-state index is -0.0652. The van der Waals surface area contributed by atoms with E-state index in [1.165, 1.54) is 5.56 Å². The van der Waals surface area contributed by atoms with Crippen molar-refractivity contribution in [2.75, 3.05) is 13.1 Å². The van der Waals surface area contributed by atoms with Crippen molar-refractivity contribution < 1.29 is 4.79 Å². The van der Waals surface area contributed by atoms with Gasteiger partial charge in [-0.2, -0.15) is 0 Å². The third-order valence-electron chi connectivity index (χ3n) is 5.51. The van der Waals surface area contributed by atoms with Gasteiger partial charge in [0.05, 0.1) is 11.9 Å². The van der Waals surface area contributed by atoms with Crippen LogP contribution in [0, 0.1) is 0 Å². The number of nitrogens with one attached hydrogen (secondary N) is 1. The molecule has 1 N–H and O–H groups in total. The van der Waals surface area contributed by atoms with E-state index in [4.69, 9.17) is 0 Å². The van der Waals surface area contributed by atoms with Crippen LogP contribution in [0.4, 0.5) is 0 Å². The standard InChI is InChI=1S/C21H25N5O/c1-15(16-6-4-3-5-7-16)26-10-8-18(9-11-26)24-21(27)17-12-19-20(22-13-17)25(2)14-23-19/h3-7,12-15,18H,8-11H2,1-2H3,(H,24,27). The number of benzene rings is 1. The van der Waals surface area contributed by atoms with Gasteiger partial charge < -0.3 is 9.88 Å². The minimum absolute atomic E-state index is 0.0652. The molecule has 140 valence electrons. The van der Waals surface area contributed by atoms with Gasteiger partial charge in [0.15, 0.2) is 5.65 Å². The molecule has 1 unspecified atom stereocenters. The molecule has 1 atom stereocenters. The lowest BCUT2D eigenvalue weighted by molar-refractivity contribution is 0.0896. The minimum Gasteiger partial charge on any atom is -0.349 e. The quantitative estimate of drug-likeness (QED) is 0.774. The number of carbonyl (C=O) groups excluding carboxylic acids is 1. The van der Waals surface area contributed by atoms with Gasteiger partial charge in [0.25, 0.3) is 5.91 Å². The van der Waals surface area contributed by atoms with Gasteiger partial charge in [-0.1, -0.05) is 30.3 Å². The first-order chi connectivity index (χ1) is 13.1. The normalized spacial score (nSPS) is 17.1. The molecule has 1 aromatic carbocycles. The maximum absolute atomic E-state index is 12.6. The van der Waals surface area contributed by atoms with Crippen LogP contribution in [0.3, 0.4) is 0 Å². The van der Waals surface area contributed by atoms with Crippen molar-refractivity contribution in [3.05, 3.63) is 60.0 Å². The van der Waals surface area contributed by atoms with Gasteiger partial charge in [0, 0.05) is 38.4 Å². The molecule has 3 heterocycles. The van der Waals surface area contributed by atoms with Crippen LogP contribution in [-0.4, -0.2) is 44.5 Å². The highest BCUT2D eigenvalue weighted by Gasteiger charge is 2.25. The number of fused-ring (bicyclic) bond motifs is 1. The molecule has 0 spiro atoms. The highest BCUT2D eigenvalue weighted by atomic mass is 16.1. The summed E-state index contributed by atoms with van der Waals surface area (Å²) in [6, 6.07) is 13.0. The number of pyridine rings is 1. The Kier molecular flexibility index (Phi) is 4.90. The smallest absolute Gasteiger partial charge is 0.253 e. The molecule has 1 aliphatic rings. The molecule has 0 radical (unpaired) electrons. The van der Waals surface area contributed by atoms with E-state index in [0.29, 0.717) is 11.6 Å². The number of aromatic nitrogens is 3. The van der Waals surface area contributed by atoms with E-state index < -0.39 is 0 Å². The molecule has 1 saturated heterocycles. The fraction of sp³-hybridized carbons (Fsp3) is 0.381. The van der Waals surface area contributed by atoms with Gasteiger partial charge in [-0.15, -0.1) is 0 Å². The number of imidazole rings is 1. The van der Waals surface area contributed by atoms with Crippen LogP contribution in [0.1, 0.15) is 41.7 Å². The van der Waals surface area contributed by atoms with Gasteiger partial charge in [0.1, 0.15) is 5.52 Å². The number of hydrogen-bond acceptors (Lipinski definition) is 4. The Bertz CT molecular complexity index is 928. The Morgan fingerprint density at radius 2 is 1.93 bits per heavy atom. The zero-order chi connectivity index (χ0) is 18.8. The van der Waals surface area contributed by atoms with Crippen molar-refractivity contribution in [3.63, 3.8) is 0 Å². The van der Waals surface area contributed by atoms with Crippen LogP contribution in [0.25, 0.3) is 11.2 Å². The first-order valence-electron chi connectivity index (χ1n) is 9.49. The molecule has 1 amide bonds. The molecule has 1 fully saturated rings. The van der Waals surface area contributed by atoms with Gasteiger partial charge >= 0.3 is 0 Å². The van der Waals surface area contributed by atoms with Crippen LogP contribution in [0.5, 0.6) is 0 Å². The lowest BCUT2D eigenvalue weighted by atomic mass is 10.00. The van der Waals surface area contributed by atoms with Crippen LogP contribution < -0.4 is 5.32 Å². The molecule has 1 aliphatic heterocycles. The molecular formula is C21H25N5O. The van der Waals surface area contributed by atoms with Gasteiger partial charge in [-0.25, -0.2) is 9.97 Å². The van der Waals surface area contributed by atoms with Gasteiger partial charge in [-0.05, 0) is 31.4 Å². The average molecular weight is 363 g/mol. The first-order valence-corrected chi connectivity index (χ1v) is 9.49. The number of piperidine rings is 1. The number of carbonyl (C=O) groups is 1. The van der Waals surface area contributed by atoms with Crippen molar-refractivity contribution in [2.45, 2.75) is 31.8 Å². The number of hydrogen-bond donors (Lipinski definition) is 1. The summed E-state index contributed by atoms with van der Waals surface area (Å²) in [5.74, 6) is -0.0652. The second kappa shape index (κ2) is 7.48. The second-order valence-electron chi connectivity index (χ2n) is 7.29. The topological polar surface area (TPSA) is 63.1 Å². The molecule has 0 saturated carbocycles. The van der Waals surface area contributed by atoms with Crippen LogP contribution in [0.15, 0.2) is 48.9 Å². The lowest BCUT2D eigenvalue weighted by Crippen LogP contribution is -2.45. The summed E-state index contributed by atoms with van der Waals surface area (Å²) in [6.07, 6.45) is 5.26. The molecule has 27 heavy (non-hydrogen) atoms. The Hall–Kier alpha value is -2.73. The third-order valence-corrected chi connectivity index (χ3v) is 5.51. The van der Waals surface area contributed by atoms with Crippen molar-refractivity contribution >= 4 is 17.1 Å². The molecule has 0 bridgehead atoms. The van der Waals surface area contributed by atoms with E-state index in [2.05, 4.69) is 57.4 Å². The van der Waals surface area contributed by atoms with Crippen molar-refractivity contribution in [1.29, 1.82) is 0 Å².